The van der Waals surface area contributed by atoms with E-state index >= 15 is 0 Å². The largest absolute Gasteiger partial charge is 0.383 e. The van der Waals surface area contributed by atoms with E-state index in [0.29, 0.717) is 50.8 Å². The summed E-state index contributed by atoms with van der Waals surface area (Å²) in [6.07, 6.45) is 3.80. The van der Waals surface area contributed by atoms with Crippen molar-refractivity contribution in [3.8, 4) is 0 Å². The maximum absolute atomic E-state index is 12.2. The smallest absolute Gasteiger partial charge is 0.274 e. The van der Waals surface area contributed by atoms with E-state index in [9.17, 15) is 9.59 Å². The Morgan fingerprint density at radius 3 is 2.67 bits per heavy atom. The molecule has 1 aliphatic heterocycles. The Kier molecular flexibility index (Phi) is 5.44. The summed E-state index contributed by atoms with van der Waals surface area (Å²) in [4.78, 5) is 34.5. The van der Waals surface area contributed by atoms with Gasteiger partial charge in [-0.2, -0.15) is 0 Å². The summed E-state index contributed by atoms with van der Waals surface area (Å²) in [6.45, 7) is 3.36. The maximum Gasteiger partial charge on any atom is 0.274 e. The van der Waals surface area contributed by atoms with Crippen LogP contribution < -0.4 is 5.32 Å². The van der Waals surface area contributed by atoms with Gasteiger partial charge in [-0.15, -0.1) is 0 Å². The minimum absolute atomic E-state index is 0.156. The SMILES string of the molecule is COCCNc1cnc(C(=O)N2CCN(C=O)CC2)cn1. The van der Waals surface area contributed by atoms with Crippen molar-refractivity contribution in [1.29, 1.82) is 0 Å². The average Bonchev–Trinajstić information content (AvgIpc) is 2.55. The van der Waals surface area contributed by atoms with Crippen LogP contribution in [0.25, 0.3) is 0 Å². The fourth-order valence-corrected chi connectivity index (χ4v) is 2.00. The van der Waals surface area contributed by atoms with Crippen LogP contribution in [-0.2, 0) is 9.53 Å². The van der Waals surface area contributed by atoms with E-state index in [-0.39, 0.29) is 5.91 Å². The number of rotatable bonds is 6. The number of carbonyl (C=O) groups is 2. The Balaban J connectivity index is 1.89. The van der Waals surface area contributed by atoms with Crippen molar-refractivity contribution >= 4 is 18.1 Å². The Morgan fingerprint density at radius 2 is 2.10 bits per heavy atom. The van der Waals surface area contributed by atoms with Gasteiger partial charge in [0.25, 0.3) is 5.91 Å². The van der Waals surface area contributed by atoms with Crippen LogP contribution in [0.3, 0.4) is 0 Å². The fourth-order valence-electron chi connectivity index (χ4n) is 2.00. The first-order chi connectivity index (χ1) is 10.2. The number of carbonyl (C=O) groups excluding carboxylic acids is 2. The second kappa shape index (κ2) is 7.53. The summed E-state index contributed by atoms with van der Waals surface area (Å²) in [5, 5.41) is 3.04. The number of nitrogens with zero attached hydrogens (tertiary/aromatic N) is 4. The normalized spacial score (nSPS) is 14.9. The zero-order valence-corrected chi connectivity index (χ0v) is 12.0. The van der Waals surface area contributed by atoms with Gasteiger partial charge in [-0.25, -0.2) is 9.97 Å². The molecule has 1 N–H and O–H groups in total. The molecular formula is C13H19N5O3. The zero-order chi connectivity index (χ0) is 15.1. The molecule has 0 atom stereocenters. The Bertz CT molecular complexity index is 471. The van der Waals surface area contributed by atoms with Crippen LogP contribution in [-0.4, -0.2) is 78.5 Å². The van der Waals surface area contributed by atoms with Crippen molar-refractivity contribution in [2.24, 2.45) is 0 Å². The first kappa shape index (κ1) is 15.2. The molecule has 1 aromatic heterocycles. The summed E-state index contributed by atoms with van der Waals surface area (Å²) >= 11 is 0. The summed E-state index contributed by atoms with van der Waals surface area (Å²) in [5.74, 6) is 0.450. The van der Waals surface area contributed by atoms with Crippen molar-refractivity contribution in [3.63, 3.8) is 0 Å². The number of aromatic nitrogens is 2. The second-order valence-electron chi connectivity index (χ2n) is 4.64. The van der Waals surface area contributed by atoms with Gasteiger partial charge in [-0.1, -0.05) is 0 Å². The van der Waals surface area contributed by atoms with E-state index in [1.165, 1.54) is 12.4 Å². The first-order valence-corrected chi connectivity index (χ1v) is 6.78. The molecule has 1 aliphatic rings. The highest BCUT2D eigenvalue weighted by molar-refractivity contribution is 5.92. The number of piperazine rings is 1. The quantitative estimate of drug-likeness (QED) is 0.559. The second-order valence-corrected chi connectivity index (χ2v) is 4.64. The minimum Gasteiger partial charge on any atom is -0.383 e. The molecule has 21 heavy (non-hydrogen) atoms. The summed E-state index contributed by atoms with van der Waals surface area (Å²) in [5.41, 5.74) is 0.312. The lowest BCUT2D eigenvalue weighted by atomic mass is 10.3. The molecule has 0 saturated carbocycles. The lowest BCUT2D eigenvalue weighted by Gasteiger charge is -2.32. The molecule has 0 unspecified atom stereocenters. The lowest BCUT2D eigenvalue weighted by molar-refractivity contribution is -0.119. The van der Waals surface area contributed by atoms with Crippen molar-refractivity contribution in [3.05, 3.63) is 18.1 Å². The van der Waals surface area contributed by atoms with Gasteiger partial charge >= 0.3 is 0 Å². The van der Waals surface area contributed by atoms with E-state index in [4.69, 9.17) is 4.74 Å². The van der Waals surface area contributed by atoms with Crippen LogP contribution >= 0.6 is 0 Å². The van der Waals surface area contributed by atoms with Crippen molar-refractivity contribution in [1.82, 2.24) is 19.8 Å². The molecule has 0 aromatic carbocycles. The molecule has 0 radical (unpaired) electrons. The van der Waals surface area contributed by atoms with Gasteiger partial charge in [0.15, 0.2) is 0 Å². The maximum atomic E-state index is 12.2. The fraction of sp³-hybridized carbons (Fsp3) is 0.538. The zero-order valence-electron chi connectivity index (χ0n) is 12.0. The molecule has 114 valence electrons. The molecule has 0 spiro atoms. The standard InChI is InChI=1S/C13H19N5O3/c1-21-7-2-14-12-9-15-11(8-16-12)13(20)18-5-3-17(10-19)4-6-18/h8-10H,2-7H2,1H3,(H,14,16). The number of hydrogen-bond donors (Lipinski definition) is 1. The Hall–Kier alpha value is -2.22. The number of hydrogen-bond acceptors (Lipinski definition) is 6. The molecule has 2 amide bonds. The number of nitrogens with one attached hydrogen (secondary N) is 1. The van der Waals surface area contributed by atoms with Crippen LogP contribution in [0.15, 0.2) is 12.4 Å². The van der Waals surface area contributed by atoms with Crippen LogP contribution in [0.5, 0.6) is 0 Å². The highest BCUT2D eigenvalue weighted by Gasteiger charge is 2.22. The van der Waals surface area contributed by atoms with Gasteiger partial charge in [-0.3, -0.25) is 9.59 Å². The highest BCUT2D eigenvalue weighted by Crippen LogP contribution is 2.07. The monoisotopic (exact) mass is 293 g/mol. The van der Waals surface area contributed by atoms with Crippen molar-refractivity contribution in [2.75, 3.05) is 51.8 Å². The van der Waals surface area contributed by atoms with Gasteiger partial charge in [0.05, 0.1) is 19.0 Å². The van der Waals surface area contributed by atoms with Crippen LogP contribution in [0.4, 0.5) is 5.82 Å². The predicted molar refractivity (Wildman–Crippen MR) is 75.9 cm³/mol. The Labute approximate surface area is 123 Å². The van der Waals surface area contributed by atoms with Crippen LogP contribution in [0, 0.1) is 0 Å². The number of ether oxygens (including phenoxy) is 1. The lowest BCUT2D eigenvalue weighted by Crippen LogP contribution is -2.48. The van der Waals surface area contributed by atoms with E-state index in [2.05, 4.69) is 15.3 Å². The third-order valence-electron chi connectivity index (χ3n) is 3.23. The molecule has 2 rings (SSSR count). The van der Waals surface area contributed by atoms with Gasteiger partial charge < -0.3 is 19.9 Å². The van der Waals surface area contributed by atoms with E-state index in [0.717, 1.165) is 6.41 Å². The van der Waals surface area contributed by atoms with Crippen LogP contribution in [0.2, 0.25) is 0 Å². The van der Waals surface area contributed by atoms with E-state index < -0.39 is 0 Å². The number of methoxy groups -OCH3 is 1. The molecule has 8 heteroatoms. The Morgan fingerprint density at radius 1 is 1.33 bits per heavy atom. The molecule has 1 fully saturated rings. The summed E-state index contributed by atoms with van der Waals surface area (Å²) in [7, 11) is 1.62. The molecular weight excluding hydrogens is 274 g/mol. The van der Waals surface area contributed by atoms with E-state index in [1.807, 2.05) is 0 Å². The van der Waals surface area contributed by atoms with Crippen molar-refractivity contribution < 1.29 is 14.3 Å². The van der Waals surface area contributed by atoms with Gasteiger partial charge in [-0.05, 0) is 0 Å². The third kappa shape index (κ3) is 4.12. The molecule has 1 aromatic rings. The van der Waals surface area contributed by atoms with E-state index in [1.54, 1.807) is 16.9 Å². The number of anilines is 1. The van der Waals surface area contributed by atoms with Crippen molar-refractivity contribution in [2.45, 2.75) is 0 Å². The summed E-state index contributed by atoms with van der Waals surface area (Å²) < 4.78 is 4.92. The molecule has 8 nitrogen and oxygen atoms in total. The topological polar surface area (TPSA) is 87.7 Å². The molecule has 2 heterocycles. The first-order valence-electron chi connectivity index (χ1n) is 6.78. The van der Waals surface area contributed by atoms with Gasteiger partial charge in [0, 0.05) is 39.8 Å². The molecule has 0 aliphatic carbocycles. The predicted octanol–water partition coefficient (Wildman–Crippen LogP) is -0.551. The minimum atomic E-state index is -0.156. The molecule has 1 saturated heterocycles. The third-order valence-corrected chi connectivity index (χ3v) is 3.23. The number of amides is 2. The summed E-state index contributed by atoms with van der Waals surface area (Å²) in [6, 6.07) is 0. The van der Waals surface area contributed by atoms with Crippen LogP contribution in [0.1, 0.15) is 10.5 Å². The van der Waals surface area contributed by atoms with Gasteiger partial charge in [0.1, 0.15) is 11.5 Å². The highest BCUT2D eigenvalue weighted by atomic mass is 16.5. The molecule has 0 bridgehead atoms. The van der Waals surface area contributed by atoms with Gasteiger partial charge in [0.2, 0.25) is 6.41 Å². The average molecular weight is 293 g/mol.